The van der Waals surface area contributed by atoms with Crippen molar-refractivity contribution in [1.82, 2.24) is 10.2 Å². The lowest BCUT2D eigenvalue weighted by Crippen LogP contribution is -2.47. The average Bonchev–Trinajstić information content (AvgIpc) is 2.65. The Kier molecular flexibility index (Phi) is 6.90. The van der Waals surface area contributed by atoms with Gasteiger partial charge in [-0.1, -0.05) is 29.3 Å². The van der Waals surface area contributed by atoms with Crippen LogP contribution >= 0.6 is 23.2 Å². The molecule has 1 atom stereocenters. The Morgan fingerprint density at radius 1 is 1.19 bits per heavy atom. The maximum atomic E-state index is 12.9. The quantitative estimate of drug-likeness (QED) is 0.776. The monoisotopic (exact) mass is 411 g/mol. The molecule has 1 saturated heterocycles. The number of morpholine rings is 1. The molecule has 2 N–H and O–H groups in total. The Morgan fingerprint density at radius 2 is 1.96 bits per heavy atom. The summed E-state index contributed by atoms with van der Waals surface area (Å²) in [6.07, 6.45) is -0.111. The van der Waals surface area contributed by atoms with E-state index in [-0.39, 0.29) is 18.0 Å². The van der Waals surface area contributed by atoms with Gasteiger partial charge in [0, 0.05) is 31.9 Å². The molecule has 27 heavy (non-hydrogen) atoms. The number of nitrogens with zero attached hydrogens (tertiary/aromatic N) is 1. The van der Waals surface area contributed by atoms with Crippen molar-refractivity contribution in [2.45, 2.75) is 12.6 Å². The van der Waals surface area contributed by atoms with Crippen molar-refractivity contribution in [3.05, 3.63) is 63.9 Å². The second kappa shape index (κ2) is 9.37. The number of rotatable bonds is 5. The van der Waals surface area contributed by atoms with Gasteiger partial charge in [0.2, 0.25) is 0 Å². The number of hydrogen-bond donors (Lipinski definition) is 2. The van der Waals surface area contributed by atoms with Crippen LogP contribution in [0.2, 0.25) is 10.0 Å². The zero-order valence-electron chi connectivity index (χ0n) is 14.6. The van der Waals surface area contributed by atoms with E-state index in [2.05, 4.69) is 15.5 Å². The smallest absolute Gasteiger partial charge is 0.319 e. The van der Waals surface area contributed by atoms with E-state index in [1.807, 2.05) is 12.1 Å². The van der Waals surface area contributed by atoms with Crippen LogP contribution < -0.4 is 10.6 Å². The fraction of sp³-hybridized carbons (Fsp3) is 0.316. The molecule has 1 fully saturated rings. The Bertz CT molecular complexity index is 789. The highest BCUT2D eigenvalue weighted by molar-refractivity contribution is 6.42. The SMILES string of the molecule is O=C(NCC1CN(Cc2ccc(Cl)c(Cl)c2)CCO1)Nc1ccc(F)cc1. The van der Waals surface area contributed by atoms with Gasteiger partial charge in [-0.25, -0.2) is 9.18 Å². The highest BCUT2D eigenvalue weighted by Gasteiger charge is 2.21. The number of hydrogen-bond acceptors (Lipinski definition) is 3. The fourth-order valence-electron chi connectivity index (χ4n) is 2.86. The van der Waals surface area contributed by atoms with Gasteiger partial charge in [-0.3, -0.25) is 4.90 Å². The zero-order valence-corrected chi connectivity index (χ0v) is 16.1. The fourth-order valence-corrected chi connectivity index (χ4v) is 3.18. The highest BCUT2D eigenvalue weighted by atomic mass is 35.5. The number of carbonyl (C=O) groups is 1. The topological polar surface area (TPSA) is 53.6 Å². The van der Waals surface area contributed by atoms with Crippen LogP contribution in [0.4, 0.5) is 14.9 Å². The summed E-state index contributed by atoms with van der Waals surface area (Å²) in [7, 11) is 0. The summed E-state index contributed by atoms with van der Waals surface area (Å²) in [5, 5.41) is 6.52. The van der Waals surface area contributed by atoms with E-state index in [0.717, 1.165) is 18.7 Å². The standard InChI is InChI=1S/C19H20Cl2FN3O2/c20-17-6-1-13(9-18(17)21)11-25-7-8-27-16(12-25)10-23-19(26)24-15-4-2-14(22)3-5-15/h1-6,9,16H,7-8,10-12H2,(H2,23,24,26). The predicted octanol–water partition coefficient (Wildman–Crippen LogP) is 4.16. The summed E-state index contributed by atoms with van der Waals surface area (Å²) in [6.45, 7) is 3.20. The molecule has 2 amide bonds. The molecule has 0 aromatic heterocycles. The van der Waals surface area contributed by atoms with Gasteiger partial charge in [0.05, 0.1) is 22.8 Å². The van der Waals surface area contributed by atoms with Gasteiger partial charge in [0.25, 0.3) is 0 Å². The predicted molar refractivity (Wildman–Crippen MR) is 105 cm³/mol. The molecule has 0 aliphatic carbocycles. The number of benzene rings is 2. The van der Waals surface area contributed by atoms with Crippen LogP contribution in [0, 0.1) is 5.82 Å². The molecule has 0 radical (unpaired) electrons. The maximum absolute atomic E-state index is 12.9. The van der Waals surface area contributed by atoms with Gasteiger partial charge in [-0.2, -0.15) is 0 Å². The van der Waals surface area contributed by atoms with Crippen LogP contribution in [0.5, 0.6) is 0 Å². The largest absolute Gasteiger partial charge is 0.374 e. The Balaban J connectivity index is 1.45. The molecule has 0 bridgehead atoms. The molecule has 1 aliphatic rings. The summed E-state index contributed by atoms with van der Waals surface area (Å²) < 4.78 is 18.6. The summed E-state index contributed by atoms with van der Waals surface area (Å²) in [4.78, 5) is 14.2. The average molecular weight is 412 g/mol. The number of urea groups is 1. The highest BCUT2D eigenvalue weighted by Crippen LogP contribution is 2.23. The van der Waals surface area contributed by atoms with Crippen molar-refractivity contribution in [2.24, 2.45) is 0 Å². The molecule has 3 rings (SSSR count). The second-order valence-electron chi connectivity index (χ2n) is 6.32. The lowest BCUT2D eigenvalue weighted by Gasteiger charge is -2.33. The summed E-state index contributed by atoms with van der Waals surface area (Å²) in [5.74, 6) is -0.348. The third-order valence-corrected chi connectivity index (χ3v) is 4.94. The number of ether oxygens (including phenoxy) is 1. The lowest BCUT2D eigenvalue weighted by molar-refractivity contribution is -0.0285. The van der Waals surface area contributed by atoms with Gasteiger partial charge < -0.3 is 15.4 Å². The van der Waals surface area contributed by atoms with Crippen molar-refractivity contribution >= 4 is 34.9 Å². The number of amides is 2. The molecule has 2 aromatic rings. The molecule has 1 unspecified atom stereocenters. The molecule has 144 valence electrons. The van der Waals surface area contributed by atoms with Crippen molar-refractivity contribution < 1.29 is 13.9 Å². The molecule has 0 saturated carbocycles. The minimum Gasteiger partial charge on any atom is -0.374 e. The Morgan fingerprint density at radius 3 is 2.70 bits per heavy atom. The van der Waals surface area contributed by atoms with Crippen molar-refractivity contribution in [3.63, 3.8) is 0 Å². The van der Waals surface area contributed by atoms with Crippen LogP contribution in [0.25, 0.3) is 0 Å². The van der Waals surface area contributed by atoms with E-state index in [9.17, 15) is 9.18 Å². The Labute approximate surface area is 167 Å². The van der Waals surface area contributed by atoms with Crippen LogP contribution in [0.3, 0.4) is 0 Å². The molecule has 1 heterocycles. The minimum absolute atomic E-state index is 0.111. The van der Waals surface area contributed by atoms with E-state index in [1.165, 1.54) is 24.3 Å². The van der Waals surface area contributed by atoms with Crippen molar-refractivity contribution in [2.75, 3.05) is 31.6 Å². The Hall–Kier alpha value is -1.86. The normalized spacial score (nSPS) is 17.5. The number of carbonyl (C=O) groups excluding carboxylic acids is 1. The molecule has 0 spiro atoms. The number of halogens is 3. The number of nitrogens with one attached hydrogen (secondary N) is 2. The molecular weight excluding hydrogens is 392 g/mol. The zero-order chi connectivity index (χ0) is 19.2. The maximum Gasteiger partial charge on any atom is 0.319 e. The summed E-state index contributed by atoms with van der Waals surface area (Å²) in [5.41, 5.74) is 1.60. The van der Waals surface area contributed by atoms with Gasteiger partial charge in [0.15, 0.2) is 0 Å². The second-order valence-corrected chi connectivity index (χ2v) is 7.13. The van der Waals surface area contributed by atoms with E-state index in [4.69, 9.17) is 27.9 Å². The van der Waals surface area contributed by atoms with Gasteiger partial charge in [-0.15, -0.1) is 0 Å². The first-order chi connectivity index (χ1) is 13.0. The lowest BCUT2D eigenvalue weighted by atomic mass is 10.2. The third kappa shape index (κ3) is 6.07. The van der Waals surface area contributed by atoms with Crippen LogP contribution in [0.15, 0.2) is 42.5 Å². The van der Waals surface area contributed by atoms with Crippen LogP contribution in [0.1, 0.15) is 5.56 Å². The minimum atomic E-state index is -0.355. The summed E-state index contributed by atoms with van der Waals surface area (Å²) >= 11 is 12.0. The molecule has 5 nitrogen and oxygen atoms in total. The molecule has 1 aliphatic heterocycles. The first kappa shape index (κ1) is 19.9. The van der Waals surface area contributed by atoms with Crippen molar-refractivity contribution in [1.29, 1.82) is 0 Å². The van der Waals surface area contributed by atoms with E-state index >= 15 is 0 Å². The third-order valence-electron chi connectivity index (χ3n) is 4.21. The first-order valence-corrected chi connectivity index (χ1v) is 9.33. The molecule has 2 aromatic carbocycles. The van der Waals surface area contributed by atoms with Crippen LogP contribution in [-0.2, 0) is 11.3 Å². The van der Waals surface area contributed by atoms with E-state index in [1.54, 1.807) is 6.07 Å². The van der Waals surface area contributed by atoms with Gasteiger partial charge in [0.1, 0.15) is 5.82 Å². The first-order valence-electron chi connectivity index (χ1n) is 8.58. The van der Waals surface area contributed by atoms with E-state index < -0.39 is 0 Å². The molecular formula is C19H20Cl2FN3O2. The summed E-state index contributed by atoms with van der Waals surface area (Å²) in [6, 6.07) is 10.8. The van der Waals surface area contributed by atoms with E-state index in [0.29, 0.717) is 35.4 Å². The van der Waals surface area contributed by atoms with Gasteiger partial charge in [-0.05, 0) is 42.0 Å². The van der Waals surface area contributed by atoms with Crippen LogP contribution in [-0.4, -0.2) is 43.3 Å². The van der Waals surface area contributed by atoms with Gasteiger partial charge >= 0.3 is 6.03 Å². The number of anilines is 1. The molecule has 8 heteroatoms. The van der Waals surface area contributed by atoms with Crippen molar-refractivity contribution in [3.8, 4) is 0 Å².